The van der Waals surface area contributed by atoms with Crippen molar-refractivity contribution in [1.82, 2.24) is 20.0 Å². The zero-order valence-corrected chi connectivity index (χ0v) is 11.5. The Morgan fingerprint density at radius 3 is 3.10 bits per heavy atom. The van der Waals surface area contributed by atoms with E-state index in [0.717, 1.165) is 5.56 Å². The summed E-state index contributed by atoms with van der Waals surface area (Å²) in [5, 5.41) is 13.7. The Labute approximate surface area is 120 Å². The first-order valence-corrected chi connectivity index (χ1v) is 6.44. The Bertz CT molecular complexity index is 542. The van der Waals surface area contributed by atoms with Crippen LogP contribution in [0, 0.1) is 0 Å². The summed E-state index contributed by atoms with van der Waals surface area (Å²) in [5.41, 5.74) is 1.51. The van der Waals surface area contributed by atoms with Crippen LogP contribution in [0.25, 0.3) is 0 Å². The molecular formula is C12H16FN5O3. The minimum absolute atomic E-state index is 0.182. The zero-order chi connectivity index (χ0) is 15.4. The lowest BCUT2D eigenvalue weighted by atomic mass is 10.1. The van der Waals surface area contributed by atoms with Crippen LogP contribution in [0.1, 0.15) is 18.2 Å². The van der Waals surface area contributed by atoms with Crippen molar-refractivity contribution in [2.75, 3.05) is 18.5 Å². The normalized spacial score (nSPS) is 15.9. The van der Waals surface area contributed by atoms with E-state index in [0.29, 0.717) is 23.7 Å². The number of halogens is 1. The number of rotatable bonds is 5. The summed E-state index contributed by atoms with van der Waals surface area (Å²) in [6.07, 6.45) is 1.08. The summed E-state index contributed by atoms with van der Waals surface area (Å²) in [5.74, 6) is 0.286. The van der Waals surface area contributed by atoms with Gasteiger partial charge in [-0.2, -0.15) is 5.01 Å². The second-order valence-electron chi connectivity index (χ2n) is 4.74. The summed E-state index contributed by atoms with van der Waals surface area (Å²) >= 11 is 0. The molecule has 21 heavy (non-hydrogen) atoms. The maximum atomic E-state index is 12.5. The largest absolute Gasteiger partial charge is 0.464 e. The summed E-state index contributed by atoms with van der Waals surface area (Å²) in [7, 11) is 0. The number of nitrogens with one attached hydrogen (secondary N) is 1. The second kappa shape index (κ2) is 6.44. The molecule has 2 N–H and O–H groups in total. The van der Waals surface area contributed by atoms with E-state index in [4.69, 9.17) is 5.11 Å². The molecule has 0 bridgehead atoms. The van der Waals surface area contributed by atoms with Gasteiger partial charge < -0.3 is 10.4 Å². The van der Waals surface area contributed by atoms with Gasteiger partial charge in [-0.3, -0.25) is 4.79 Å². The molecule has 0 spiro atoms. The molecule has 1 aliphatic rings. The fourth-order valence-electron chi connectivity index (χ4n) is 2.03. The molecule has 1 unspecified atom stereocenters. The van der Waals surface area contributed by atoms with Crippen molar-refractivity contribution < 1.29 is 19.1 Å². The molecule has 0 saturated carbocycles. The molecule has 2 rings (SSSR count). The highest BCUT2D eigenvalue weighted by molar-refractivity contribution is 5.77. The summed E-state index contributed by atoms with van der Waals surface area (Å²) < 4.78 is 12.5. The van der Waals surface area contributed by atoms with E-state index in [1.807, 2.05) is 0 Å². The average molecular weight is 297 g/mol. The zero-order valence-electron chi connectivity index (χ0n) is 11.5. The number of hydrogen-bond donors (Lipinski definition) is 2. The highest BCUT2D eigenvalue weighted by Crippen LogP contribution is 2.19. The number of hydrazine groups is 1. The van der Waals surface area contributed by atoms with Gasteiger partial charge in [0.05, 0.1) is 18.3 Å². The van der Waals surface area contributed by atoms with Crippen LogP contribution in [0.2, 0.25) is 0 Å². The van der Waals surface area contributed by atoms with Gasteiger partial charge in [0.15, 0.2) is 0 Å². The van der Waals surface area contributed by atoms with Crippen LogP contribution in [0.15, 0.2) is 6.20 Å². The number of anilines is 1. The number of nitrogens with zero attached hydrogens (tertiary/aromatic N) is 4. The summed E-state index contributed by atoms with van der Waals surface area (Å²) in [4.78, 5) is 30.1. The van der Waals surface area contributed by atoms with E-state index in [1.165, 1.54) is 5.01 Å². The summed E-state index contributed by atoms with van der Waals surface area (Å²) in [6.45, 7) is 1.68. The van der Waals surface area contributed by atoms with Crippen molar-refractivity contribution in [3.8, 4) is 0 Å². The Morgan fingerprint density at radius 2 is 2.48 bits per heavy atom. The molecule has 0 aromatic carbocycles. The van der Waals surface area contributed by atoms with Crippen LogP contribution in [-0.2, 0) is 17.8 Å². The quantitative estimate of drug-likeness (QED) is 0.770. The lowest BCUT2D eigenvalue weighted by molar-refractivity contribution is -0.131. The van der Waals surface area contributed by atoms with Gasteiger partial charge in [0.25, 0.3) is 0 Å². The van der Waals surface area contributed by atoms with E-state index in [1.54, 1.807) is 13.1 Å². The number of carbonyl (C=O) groups is 2. The van der Waals surface area contributed by atoms with Gasteiger partial charge in [-0.25, -0.2) is 24.2 Å². The molecular weight excluding hydrogens is 281 g/mol. The van der Waals surface area contributed by atoms with Gasteiger partial charge in [-0.1, -0.05) is 0 Å². The Balaban J connectivity index is 2.16. The van der Waals surface area contributed by atoms with Crippen LogP contribution >= 0.6 is 0 Å². The van der Waals surface area contributed by atoms with Crippen molar-refractivity contribution in [2.24, 2.45) is 0 Å². The average Bonchev–Trinajstić information content (AvgIpc) is 2.47. The maximum absolute atomic E-state index is 12.5. The van der Waals surface area contributed by atoms with Gasteiger partial charge in [-0.15, -0.1) is 0 Å². The molecule has 2 heterocycles. The fourth-order valence-corrected chi connectivity index (χ4v) is 2.03. The molecule has 8 nitrogen and oxygen atoms in total. The van der Waals surface area contributed by atoms with Gasteiger partial charge in [0.1, 0.15) is 6.67 Å². The third-order valence-corrected chi connectivity index (χ3v) is 3.13. The minimum Gasteiger partial charge on any atom is -0.464 e. The van der Waals surface area contributed by atoms with Gasteiger partial charge >= 0.3 is 6.09 Å². The van der Waals surface area contributed by atoms with Crippen LogP contribution in [0.4, 0.5) is 15.1 Å². The van der Waals surface area contributed by atoms with Crippen LogP contribution in [-0.4, -0.2) is 56.9 Å². The highest BCUT2D eigenvalue weighted by Gasteiger charge is 2.26. The third-order valence-electron chi connectivity index (χ3n) is 3.13. The molecule has 2 amide bonds. The number of fused-ring (bicyclic) bond motifs is 1. The molecule has 0 fully saturated rings. The Morgan fingerprint density at radius 1 is 1.71 bits per heavy atom. The maximum Gasteiger partial charge on any atom is 0.429 e. The van der Waals surface area contributed by atoms with E-state index in [2.05, 4.69) is 15.3 Å². The number of carboxylic acid groups (broad SMARTS) is 1. The molecule has 0 saturated heterocycles. The lowest BCUT2D eigenvalue weighted by Crippen LogP contribution is -2.47. The van der Waals surface area contributed by atoms with E-state index in [9.17, 15) is 14.0 Å². The number of alkyl halides is 1. The van der Waals surface area contributed by atoms with Gasteiger partial charge in [0, 0.05) is 12.7 Å². The third kappa shape index (κ3) is 3.43. The van der Waals surface area contributed by atoms with E-state index >= 15 is 0 Å². The fraction of sp³-hybridized carbons (Fsp3) is 0.500. The standard InChI is InChI=1S/C12H16FN5O3/c1-8(4-13)15-11-14-5-9-2-3-17(6-10(9)16-11)18(7-19)12(20)21/h5,7-8H,2-4,6H2,1H3,(H,20,21)(H,14,15,16). The smallest absolute Gasteiger partial charge is 0.429 e. The number of imide groups is 1. The first-order valence-electron chi connectivity index (χ1n) is 6.44. The first kappa shape index (κ1) is 15.1. The SMILES string of the molecule is CC(CF)Nc1ncc2c(n1)CN(N(C=O)C(=O)O)CC2. The van der Waals surface area contributed by atoms with Crippen molar-refractivity contribution in [1.29, 1.82) is 0 Å². The highest BCUT2D eigenvalue weighted by atomic mass is 19.1. The number of amides is 2. The Kier molecular flexibility index (Phi) is 4.63. The molecule has 0 radical (unpaired) electrons. The topological polar surface area (TPSA) is 98.7 Å². The minimum atomic E-state index is -1.34. The molecule has 1 aliphatic heterocycles. The van der Waals surface area contributed by atoms with Gasteiger partial charge in [0.2, 0.25) is 12.4 Å². The first-order chi connectivity index (χ1) is 10.0. The molecule has 114 valence electrons. The van der Waals surface area contributed by atoms with Crippen LogP contribution in [0.5, 0.6) is 0 Å². The van der Waals surface area contributed by atoms with Crippen molar-refractivity contribution in [3.05, 3.63) is 17.5 Å². The van der Waals surface area contributed by atoms with Crippen LogP contribution < -0.4 is 5.32 Å². The van der Waals surface area contributed by atoms with Crippen molar-refractivity contribution in [2.45, 2.75) is 25.9 Å². The van der Waals surface area contributed by atoms with Crippen molar-refractivity contribution in [3.63, 3.8) is 0 Å². The monoisotopic (exact) mass is 297 g/mol. The molecule has 1 aromatic heterocycles. The van der Waals surface area contributed by atoms with E-state index < -0.39 is 18.8 Å². The van der Waals surface area contributed by atoms with Crippen LogP contribution in [0.3, 0.4) is 0 Å². The molecule has 0 aliphatic carbocycles. The number of hydrogen-bond acceptors (Lipinski definition) is 6. The summed E-state index contributed by atoms with van der Waals surface area (Å²) in [6, 6.07) is -0.409. The van der Waals surface area contributed by atoms with E-state index in [-0.39, 0.29) is 18.9 Å². The molecule has 1 atom stereocenters. The lowest BCUT2D eigenvalue weighted by Gasteiger charge is -2.31. The Hall–Kier alpha value is -2.29. The predicted molar refractivity (Wildman–Crippen MR) is 71.1 cm³/mol. The van der Waals surface area contributed by atoms with Gasteiger partial charge in [-0.05, 0) is 18.9 Å². The molecule has 1 aromatic rings. The predicted octanol–water partition coefficient (Wildman–Crippen LogP) is 0.656. The second-order valence-corrected chi connectivity index (χ2v) is 4.74. The molecule has 9 heteroatoms. The number of carbonyl (C=O) groups excluding carboxylic acids is 1. The van der Waals surface area contributed by atoms with Crippen molar-refractivity contribution >= 4 is 18.5 Å². The number of aromatic nitrogens is 2.